The Morgan fingerprint density at radius 2 is 0.375 bits per heavy atom. The van der Waals surface area contributed by atoms with Crippen molar-refractivity contribution in [3.63, 3.8) is 0 Å². The average molecular weight is 1230 g/mol. The molecule has 0 fully saturated rings. The molecule has 10 aromatic rings. The van der Waals surface area contributed by atoms with Gasteiger partial charge >= 0.3 is 0 Å². The highest BCUT2D eigenvalue weighted by Crippen LogP contribution is 2.49. The molecule has 0 radical (unpaired) electrons. The van der Waals surface area contributed by atoms with Gasteiger partial charge in [0.1, 0.15) is 54.4 Å². The van der Waals surface area contributed by atoms with Crippen LogP contribution in [0.25, 0.3) is 98.0 Å². The van der Waals surface area contributed by atoms with Gasteiger partial charge in [0.05, 0.1) is 44.3 Å². The van der Waals surface area contributed by atoms with Crippen LogP contribution in [-0.2, 0) is 0 Å². The third kappa shape index (κ3) is 9.84. The van der Waals surface area contributed by atoms with Gasteiger partial charge in [0.25, 0.3) is 0 Å². The van der Waals surface area contributed by atoms with Crippen LogP contribution in [0.2, 0.25) is 66.5 Å². The van der Waals surface area contributed by atoms with E-state index in [2.05, 4.69) is 297 Å². The lowest BCUT2D eigenvalue weighted by molar-refractivity contribution is 0.838. The highest BCUT2D eigenvalue weighted by Gasteiger charge is 2.45. The van der Waals surface area contributed by atoms with Crippen molar-refractivity contribution in [3.05, 3.63) is 107 Å². The monoisotopic (exact) mass is 1230 g/mol. The maximum absolute atomic E-state index is 6.01. The molecule has 8 aromatic carbocycles. The Hall–Kier alpha value is -6.37. The van der Waals surface area contributed by atoms with E-state index >= 15 is 0 Å². The summed E-state index contributed by atoms with van der Waals surface area (Å²) in [6.07, 6.45) is 0. The second-order valence-electron chi connectivity index (χ2n) is 29.9. The van der Waals surface area contributed by atoms with E-state index in [0.29, 0.717) is 66.5 Å². The summed E-state index contributed by atoms with van der Waals surface area (Å²) in [5, 5.41) is 10.8. The van der Waals surface area contributed by atoms with Gasteiger partial charge in [-0.25, -0.2) is 19.9 Å². The Labute approximate surface area is 532 Å². The minimum absolute atomic E-state index is 0.463. The number of nitrogens with zero attached hydrogens (tertiary/aromatic N) is 4. The minimum Gasteiger partial charge on any atom is -0.242 e. The topological polar surface area (TPSA) is 51.6 Å². The zero-order valence-corrected chi connectivity index (χ0v) is 61.8. The van der Waals surface area contributed by atoms with Crippen molar-refractivity contribution >= 4 is 130 Å². The molecule has 0 atom stereocenters. The van der Waals surface area contributed by atoms with Gasteiger partial charge < -0.3 is 0 Å². The summed E-state index contributed by atoms with van der Waals surface area (Å²) in [4.78, 5) is 24.0. The lowest BCUT2D eigenvalue weighted by Crippen LogP contribution is -2.43. The van der Waals surface area contributed by atoms with Crippen molar-refractivity contribution in [2.45, 2.75) is 233 Å². The molecule has 2 aromatic heterocycles. The number of benzene rings is 8. The fraction of sp³-hybridized carbons (Fsp3) is 0.450. The van der Waals surface area contributed by atoms with Gasteiger partial charge in [-0.2, -0.15) is 0 Å². The molecule has 0 spiro atoms. The Bertz CT molecular complexity index is 3990. The Kier molecular flexibility index (Phi) is 17.7. The van der Waals surface area contributed by atoms with Crippen LogP contribution in [0.3, 0.4) is 0 Å². The van der Waals surface area contributed by atoms with Gasteiger partial charge in [0.2, 0.25) is 0 Å². The first-order valence-corrected chi connectivity index (χ1v) is 42.4. The third-order valence-electron chi connectivity index (χ3n) is 22.1. The second kappa shape index (κ2) is 24.1. The lowest BCUT2D eigenvalue weighted by atomic mass is 9.90. The predicted octanol–water partition coefficient (Wildman–Crippen LogP) is 23.4. The van der Waals surface area contributed by atoms with Gasteiger partial charge in [-0.3, -0.25) is 0 Å². The van der Waals surface area contributed by atoms with Crippen LogP contribution in [0.1, 0.15) is 188 Å². The Balaban J connectivity index is 1.43. The smallest absolute Gasteiger partial charge is 0.146 e. The molecular formula is C80H98N4Si4. The molecule has 454 valence electrons. The lowest BCUT2D eigenvalue weighted by Gasteiger charge is -2.38. The van der Waals surface area contributed by atoms with Gasteiger partial charge in [-0.05, 0) is 66.5 Å². The SMILES string of the molecule is CC(C)[Si](C#Cc1c2ccccc2c(C#C[Si](C(C)C)(C(C)C)C(C)C)c2nc3c4cccc5c6nc7c(C#C[Si](C(C)C)(C(C)C)C(C)C)c8ccccc8c(C#C[Si](C(C)C)(C(C)C)C(C)C)c7nc6c6cccc(c3nc12)c6c45)(C(C)C)C(C)C. The Morgan fingerprint density at radius 3 is 0.534 bits per heavy atom. The average Bonchev–Trinajstić information content (AvgIpc) is 0.699. The molecule has 0 unspecified atom stereocenters. The first-order chi connectivity index (χ1) is 41.6. The summed E-state index contributed by atoms with van der Waals surface area (Å²) >= 11 is 0. The number of aromatic nitrogens is 4. The molecule has 0 aliphatic heterocycles. The van der Waals surface area contributed by atoms with E-state index in [1.807, 2.05) is 0 Å². The maximum Gasteiger partial charge on any atom is 0.146 e. The number of rotatable bonds is 12. The summed E-state index contributed by atoms with van der Waals surface area (Å²) in [6.45, 7) is 57.6. The highest BCUT2D eigenvalue weighted by molar-refractivity contribution is 6.92. The zero-order valence-electron chi connectivity index (χ0n) is 57.8. The summed E-state index contributed by atoms with van der Waals surface area (Å²) in [7, 11) is -8.83. The van der Waals surface area contributed by atoms with Crippen molar-refractivity contribution in [1.29, 1.82) is 0 Å². The van der Waals surface area contributed by atoms with E-state index in [0.717, 1.165) is 120 Å². The molecule has 0 saturated carbocycles. The molecule has 10 rings (SSSR count). The molecule has 0 aliphatic rings. The van der Waals surface area contributed by atoms with E-state index < -0.39 is 32.3 Å². The van der Waals surface area contributed by atoms with Crippen LogP contribution in [-0.4, -0.2) is 52.2 Å². The van der Waals surface area contributed by atoms with Crippen molar-refractivity contribution < 1.29 is 0 Å². The number of hydrogen-bond acceptors (Lipinski definition) is 4. The molecular weight excluding hydrogens is 1130 g/mol. The van der Waals surface area contributed by atoms with Crippen LogP contribution in [0.5, 0.6) is 0 Å². The minimum atomic E-state index is -2.21. The molecule has 88 heavy (non-hydrogen) atoms. The van der Waals surface area contributed by atoms with E-state index in [-0.39, 0.29) is 0 Å². The first kappa shape index (κ1) is 64.6. The summed E-state index contributed by atoms with van der Waals surface area (Å²) in [5.74, 6) is 16.0. The van der Waals surface area contributed by atoms with Gasteiger partial charge in [-0.15, -0.1) is 22.2 Å². The molecule has 0 saturated heterocycles. The van der Waals surface area contributed by atoms with Crippen LogP contribution < -0.4 is 0 Å². The van der Waals surface area contributed by atoms with Crippen LogP contribution in [0.4, 0.5) is 0 Å². The van der Waals surface area contributed by atoms with E-state index in [9.17, 15) is 0 Å². The maximum atomic E-state index is 6.01. The molecule has 8 heteroatoms. The Morgan fingerprint density at radius 1 is 0.216 bits per heavy atom. The largest absolute Gasteiger partial charge is 0.242 e. The summed E-state index contributed by atoms with van der Waals surface area (Å²) in [5.41, 5.74) is 32.8. The van der Waals surface area contributed by atoms with Gasteiger partial charge in [0, 0.05) is 53.9 Å². The summed E-state index contributed by atoms with van der Waals surface area (Å²) in [6, 6.07) is 31.1. The third-order valence-corrected chi connectivity index (χ3v) is 47.3. The fourth-order valence-corrected chi connectivity index (χ4v) is 38.9. The highest BCUT2D eigenvalue weighted by atomic mass is 28.3. The zero-order chi connectivity index (χ0) is 64.0. The fourth-order valence-electron chi connectivity index (χ4n) is 18.0. The molecule has 0 amide bonds. The normalized spacial score (nSPS) is 13.2. The van der Waals surface area contributed by atoms with Gasteiger partial charge in [-0.1, -0.05) is 275 Å². The second-order valence-corrected chi connectivity index (χ2v) is 52.2. The number of fused-ring (bicyclic) bond motifs is 10. The molecule has 4 nitrogen and oxygen atoms in total. The molecule has 2 heterocycles. The van der Waals surface area contributed by atoms with Crippen molar-refractivity contribution in [3.8, 4) is 45.9 Å². The van der Waals surface area contributed by atoms with E-state index in [4.69, 9.17) is 19.9 Å². The summed E-state index contributed by atoms with van der Waals surface area (Å²) < 4.78 is 0. The van der Waals surface area contributed by atoms with E-state index in [1.54, 1.807) is 0 Å². The van der Waals surface area contributed by atoms with Crippen molar-refractivity contribution in [2.24, 2.45) is 0 Å². The van der Waals surface area contributed by atoms with E-state index in [1.165, 1.54) is 0 Å². The quantitative estimate of drug-likeness (QED) is 0.0529. The van der Waals surface area contributed by atoms with Crippen LogP contribution in [0.15, 0.2) is 84.9 Å². The predicted molar refractivity (Wildman–Crippen MR) is 398 cm³/mol. The van der Waals surface area contributed by atoms with Crippen LogP contribution in [0, 0.1) is 45.9 Å². The molecule has 0 aliphatic carbocycles. The molecule has 0 bridgehead atoms. The molecule has 0 N–H and O–H groups in total. The van der Waals surface area contributed by atoms with Crippen molar-refractivity contribution in [1.82, 2.24) is 19.9 Å². The standard InChI is InChI=1S/C80H98N4Si4/c1-47(2)85(48(3)4,49(5)6)43-39-63-59-31-25-26-32-60(59)64(40-44-86(50(7)8,51(9)10)52(11)12)74-73(63)81-77-67-35-29-37-69-71(67)72-68(78(77)82-74)36-30-38-70(72)80-79(69)83-75-65(41-45-87(53(13)14,54(15)16)55(17)18)61-33-27-28-34-62(61)66(76(75)84-80)42-46-88(56(19)20,57(21)22)58(23)24/h25-38,47-58H,1-24H3. The van der Waals surface area contributed by atoms with Crippen LogP contribution >= 0.6 is 0 Å². The van der Waals surface area contributed by atoms with Crippen molar-refractivity contribution in [2.75, 3.05) is 0 Å². The first-order valence-electron chi connectivity index (χ1n) is 33.5. The number of hydrogen-bond donors (Lipinski definition) is 0. The van der Waals surface area contributed by atoms with Gasteiger partial charge in [0.15, 0.2) is 0 Å².